The molecule has 0 saturated heterocycles. The Kier molecular flexibility index (Phi) is 6.28. The summed E-state index contributed by atoms with van der Waals surface area (Å²) < 4.78 is 5.59. The smallest absolute Gasteiger partial charge is 0.306 e. The molecule has 0 heterocycles. The summed E-state index contributed by atoms with van der Waals surface area (Å²) in [4.78, 5) is 25.0. The van der Waals surface area contributed by atoms with Crippen molar-refractivity contribution >= 4 is 23.5 Å². The number of likely N-dealkylation sites (N-methyl/N-ethyl adjacent to an activating group) is 1. The molecule has 6 heteroatoms. The minimum absolute atomic E-state index is 0.0638. The summed E-state index contributed by atoms with van der Waals surface area (Å²) in [7, 11) is 1.76. The standard InChI is InChI=1S/C17H22ClNO4/c1-19(10-11-23-15-8-6-14(18)7-9-15)16(20)12-2-4-13(5-3-12)17(21)22/h6-9,12-13H,2-5,10-11H2,1H3,(H,21,22). The van der Waals surface area contributed by atoms with Crippen molar-refractivity contribution in [1.82, 2.24) is 4.90 Å². The Labute approximate surface area is 141 Å². The molecule has 1 saturated carbocycles. The Morgan fingerprint density at radius 2 is 1.74 bits per heavy atom. The van der Waals surface area contributed by atoms with Crippen molar-refractivity contribution in [3.05, 3.63) is 29.3 Å². The minimum Gasteiger partial charge on any atom is -0.492 e. The third-order valence-electron chi connectivity index (χ3n) is 4.31. The van der Waals surface area contributed by atoms with E-state index in [9.17, 15) is 9.59 Å². The van der Waals surface area contributed by atoms with Gasteiger partial charge in [0.15, 0.2) is 0 Å². The van der Waals surface area contributed by atoms with E-state index in [1.807, 2.05) is 0 Å². The molecule has 0 aliphatic heterocycles. The average Bonchev–Trinajstić information content (AvgIpc) is 2.56. The van der Waals surface area contributed by atoms with Gasteiger partial charge in [0.2, 0.25) is 5.91 Å². The molecule has 1 N–H and O–H groups in total. The van der Waals surface area contributed by atoms with Crippen LogP contribution in [0.15, 0.2) is 24.3 Å². The summed E-state index contributed by atoms with van der Waals surface area (Å²) >= 11 is 5.81. The van der Waals surface area contributed by atoms with E-state index in [1.165, 1.54) is 0 Å². The molecule has 1 fully saturated rings. The number of rotatable bonds is 6. The molecule has 1 aliphatic carbocycles. The number of carboxylic acid groups (broad SMARTS) is 1. The van der Waals surface area contributed by atoms with E-state index in [-0.39, 0.29) is 17.7 Å². The first-order chi connectivity index (χ1) is 11.0. The number of carboxylic acids is 1. The van der Waals surface area contributed by atoms with Crippen LogP contribution in [0.3, 0.4) is 0 Å². The van der Waals surface area contributed by atoms with Crippen LogP contribution in [0.1, 0.15) is 25.7 Å². The van der Waals surface area contributed by atoms with E-state index in [4.69, 9.17) is 21.4 Å². The number of carbonyl (C=O) groups is 2. The van der Waals surface area contributed by atoms with E-state index in [2.05, 4.69) is 0 Å². The molecule has 0 bridgehead atoms. The Bertz CT molecular complexity index is 538. The maximum Gasteiger partial charge on any atom is 0.306 e. The molecular formula is C17H22ClNO4. The third kappa shape index (κ3) is 5.13. The van der Waals surface area contributed by atoms with Gasteiger partial charge in [-0.2, -0.15) is 0 Å². The molecule has 0 atom stereocenters. The van der Waals surface area contributed by atoms with Gasteiger partial charge < -0.3 is 14.7 Å². The van der Waals surface area contributed by atoms with Gasteiger partial charge in [-0.1, -0.05) is 11.6 Å². The minimum atomic E-state index is -0.749. The number of aliphatic carboxylic acids is 1. The zero-order valence-corrected chi connectivity index (χ0v) is 14.0. The van der Waals surface area contributed by atoms with Gasteiger partial charge in [-0.3, -0.25) is 9.59 Å². The van der Waals surface area contributed by atoms with Crippen LogP contribution in [0.4, 0.5) is 0 Å². The van der Waals surface area contributed by atoms with Crippen LogP contribution in [0.2, 0.25) is 5.02 Å². The lowest BCUT2D eigenvalue weighted by atomic mass is 9.81. The second kappa shape index (κ2) is 8.20. The number of ether oxygens (including phenoxy) is 1. The number of benzene rings is 1. The monoisotopic (exact) mass is 339 g/mol. The van der Waals surface area contributed by atoms with Crippen LogP contribution in [-0.2, 0) is 9.59 Å². The summed E-state index contributed by atoms with van der Waals surface area (Å²) in [5.74, 6) is -0.310. The van der Waals surface area contributed by atoms with Gasteiger partial charge in [-0.25, -0.2) is 0 Å². The molecule has 2 rings (SSSR count). The number of hydrogen-bond acceptors (Lipinski definition) is 3. The molecule has 0 radical (unpaired) electrons. The first-order valence-electron chi connectivity index (χ1n) is 7.83. The van der Waals surface area contributed by atoms with Crippen molar-refractivity contribution in [2.45, 2.75) is 25.7 Å². The molecule has 5 nitrogen and oxygen atoms in total. The highest BCUT2D eigenvalue weighted by atomic mass is 35.5. The van der Waals surface area contributed by atoms with Crippen molar-refractivity contribution in [3.63, 3.8) is 0 Å². The molecule has 23 heavy (non-hydrogen) atoms. The van der Waals surface area contributed by atoms with Gasteiger partial charge in [-0.05, 0) is 49.9 Å². The zero-order valence-electron chi connectivity index (χ0n) is 13.2. The Morgan fingerprint density at radius 3 is 2.30 bits per heavy atom. The van der Waals surface area contributed by atoms with E-state index < -0.39 is 5.97 Å². The lowest BCUT2D eigenvalue weighted by molar-refractivity contribution is -0.145. The first-order valence-corrected chi connectivity index (χ1v) is 8.21. The van der Waals surface area contributed by atoms with Crippen LogP contribution in [0.25, 0.3) is 0 Å². The largest absolute Gasteiger partial charge is 0.492 e. The lowest BCUT2D eigenvalue weighted by Gasteiger charge is -2.28. The van der Waals surface area contributed by atoms with E-state index >= 15 is 0 Å². The number of hydrogen-bond donors (Lipinski definition) is 1. The Hall–Kier alpha value is -1.75. The second-order valence-corrected chi connectivity index (χ2v) is 6.39. The highest BCUT2D eigenvalue weighted by Gasteiger charge is 2.31. The van der Waals surface area contributed by atoms with Gasteiger partial charge in [0, 0.05) is 18.0 Å². The lowest BCUT2D eigenvalue weighted by Crippen LogP contribution is -2.38. The fourth-order valence-electron chi connectivity index (χ4n) is 2.84. The van der Waals surface area contributed by atoms with Crippen LogP contribution in [0, 0.1) is 11.8 Å². The summed E-state index contributed by atoms with van der Waals surface area (Å²) in [5.41, 5.74) is 0. The van der Waals surface area contributed by atoms with Crippen LogP contribution < -0.4 is 4.74 Å². The Morgan fingerprint density at radius 1 is 1.17 bits per heavy atom. The fraction of sp³-hybridized carbons (Fsp3) is 0.529. The predicted octanol–water partition coefficient (Wildman–Crippen LogP) is 3.07. The molecule has 126 valence electrons. The normalized spacial score (nSPS) is 20.8. The second-order valence-electron chi connectivity index (χ2n) is 5.95. The van der Waals surface area contributed by atoms with Crippen molar-refractivity contribution in [2.75, 3.05) is 20.2 Å². The molecule has 1 aromatic carbocycles. The van der Waals surface area contributed by atoms with Crippen molar-refractivity contribution < 1.29 is 19.4 Å². The summed E-state index contributed by atoms with van der Waals surface area (Å²) in [6.45, 7) is 0.911. The van der Waals surface area contributed by atoms with E-state index in [0.717, 1.165) is 5.75 Å². The molecule has 0 spiro atoms. The van der Waals surface area contributed by atoms with Gasteiger partial charge >= 0.3 is 5.97 Å². The van der Waals surface area contributed by atoms with Crippen LogP contribution in [0.5, 0.6) is 5.75 Å². The molecular weight excluding hydrogens is 318 g/mol. The topological polar surface area (TPSA) is 66.8 Å². The number of carbonyl (C=O) groups excluding carboxylic acids is 1. The fourth-order valence-corrected chi connectivity index (χ4v) is 2.97. The van der Waals surface area contributed by atoms with Crippen molar-refractivity contribution in [3.8, 4) is 5.75 Å². The first kappa shape index (κ1) is 17.6. The van der Waals surface area contributed by atoms with Gasteiger partial charge in [-0.15, -0.1) is 0 Å². The number of amides is 1. The maximum atomic E-state index is 12.4. The highest BCUT2D eigenvalue weighted by Crippen LogP contribution is 2.30. The highest BCUT2D eigenvalue weighted by molar-refractivity contribution is 6.30. The number of halogens is 1. The third-order valence-corrected chi connectivity index (χ3v) is 4.56. The quantitative estimate of drug-likeness (QED) is 0.865. The molecule has 0 unspecified atom stereocenters. The molecule has 1 aromatic rings. The number of nitrogens with zero attached hydrogens (tertiary/aromatic N) is 1. The van der Waals surface area contributed by atoms with Gasteiger partial charge in [0.1, 0.15) is 12.4 Å². The van der Waals surface area contributed by atoms with Crippen LogP contribution >= 0.6 is 11.6 Å². The molecule has 0 aromatic heterocycles. The van der Waals surface area contributed by atoms with E-state index in [0.29, 0.717) is 43.9 Å². The summed E-state index contributed by atoms with van der Waals surface area (Å²) in [5, 5.41) is 9.65. The van der Waals surface area contributed by atoms with Gasteiger partial charge in [0.05, 0.1) is 12.5 Å². The summed E-state index contributed by atoms with van der Waals surface area (Å²) in [6.07, 6.45) is 2.47. The SMILES string of the molecule is CN(CCOc1ccc(Cl)cc1)C(=O)C1CCC(C(=O)O)CC1. The maximum absolute atomic E-state index is 12.4. The summed E-state index contributed by atoms with van der Waals surface area (Å²) in [6, 6.07) is 7.09. The predicted molar refractivity (Wildman–Crippen MR) is 87.7 cm³/mol. The van der Waals surface area contributed by atoms with Gasteiger partial charge in [0.25, 0.3) is 0 Å². The van der Waals surface area contributed by atoms with Crippen molar-refractivity contribution in [1.29, 1.82) is 0 Å². The van der Waals surface area contributed by atoms with E-state index in [1.54, 1.807) is 36.2 Å². The van der Waals surface area contributed by atoms with Crippen LogP contribution in [-0.4, -0.2) is 42.1 Å². The molecule has 1 amide bonds. The van der Waals surface area contributed by atoms with Crippen molar-refractivity contribution in [2.24, 2.45) is 11.8 Å². The Balaban J connectivity index is 1.73. The zero-order chi connectivity index (χ0) is 16.8. The molecule has 1 aliphatic rings. The average molecular weight is 340 g/mol.